The molecule has 240 valence electrons. The maximum Gasteiger partial charge on any atom is 0.0531 e. The van der Waals surface area contributed by atoms with Crippen molar-refractivity contribution in [2.75, 3.05) is 0 Å². The third-order valence-corrected chi connectivity index (χ3v) is 9.55. The van der Waals surface area contributed by atoms with Crippen LogP contribution >= 0.6 is 0 Å². The van der Waals surface area contributed by atoms with E-state index in [1.54, 1.807) is 0 Å². The van der Waals surface area contributed by atoms with Crippen LogP contribution in [0, 0.1) is 5.92 Å². The molecule has 0 saturated carbocycles. The van der Waals surface area contributed by atoms with Crippen LogP contribution in [-0.4, -0.2) is 16.7 Å². The van der Waals surface area contributed by atoms with E-state index in [-0.39, 0.29) is 6.04 Å². The monoisotopic (exact) mass is 626 g/mol. The molecule has 5 aromatic carbocycles. The second-order valence-electron chi connectivity index (χ2n) is 12.9. The summed E-state index contributed by atoms with van der Waals surface area (Å²) in [5.74, 6) is 0.425. The van der Waals surface area contributed by atoms with E-state index in [0.29, 0.717) is 5.92 Å². The first-order chi connectivity index (χ1) is 23.5. The molecule has 1 heterocycles. The molecular weight excluding hydrogens is 581 g/mol. The SMILES string of the molecule is C\C=C/C(=C(C)/C=C\CC(C)C(CCC)/N=C(\C)c1cccnc1)c1c2ccccc2c(-c2ccc3ccccc3c2)c2ccccc12. The van der Waals surface area contributed by atoms with Gasteiger partial charge in [0.05, 0.1) is 6.04 Å². The van der Waals surface area contributed by atoms with Gasteiger partial charge in [-0.05, 0) is 112 Å². The number of hydrogen-bond donors (Lipinski definition) is 0. The maximum atomic E-state index is 5.18. The van der Waals surface area contributed by atoms with Crippen LogP contribution in [-0.2, 0) is 0 Å². The zero-order chi connectivity index (χ0) is 33.5. The molecule has 0 aliphatic carbocycles. The number of hydrogen-bond acceptors (Lipinski definition) is 2. The highest BCUT2D eigenvalue weighted by Crippen LogP contribution is 2.43. The summed E-state index contributed by atoms with van der Waals surface area (Å²) in [4.78, 5) is 9.48. The summed E-state index contributed by atoms with van der Waals surface area (Å²) >= 11 is 0. The average Bonchev–Trinajstić information content (AvgIpc) is 3.12. The number of fused-ring (bicyclic) bond motifs is 3. The van der Waals surface area contributed by atoms with Crippen molar-refractivity contribution in [2.45, 2.75) is 59.9 Å². The van der Waals surface area contributed by atoms with Crippen molar-refractivity contribution in [1.82, 2.24) is 4.98 Å². The van der Waals surface area contributed by atoms with E-state index in [9.17, 15) is 0 Å². The van der Waals surface area contributed by atoms with Crippen molar-refractivity contribution < 1.29 is 0 Å². The van der Waals surface area contributed by atoms with E-state index in [4.69, 9.17) is 4.99 Å². The predicted molar refractivity (Wildman–Crippen MR) is 210 cm³/mol. The zero-order valence-electron chi connectivity index (χ0n) is 28.9. The fourth-order valence-electron chi connectivity index (χ4n) is 7.03. The first kappa shape index (κ1) is 32.8. The van der Waals surface area contributed by atoms with Crippen LogP contribution in [0.5, 0.6) is 0 Å². The highest BCUT2D eigenvalue weighted by Gasteiger charge is 2.19. The van der Waals surface area contributed by atoms with E-state index < -0.39 is 0 Å². The molecule has 0 aliphatic heterocycles. The average molecular weight is 627 g/mol. The Balaban J connectivity index is 1.41. The third kappa shape index (κ3) is 6.94. The molecule has 0 amide bonds. The van der Waals surface area contributed by atoms with Gasteiger partial charge in [-0.25, -0.2) is 0 Å². The molecule has 0 N–H and O–H groups in total. The minimum atomic E-state index is 0.273. The van der Waals surface area contributed by atoms with Gasteiger partial charge in [-0.1, -0.05) is 136 Å². The fourth-order valence-corrected chi connectivity index (χ4v) is 7.03. The molecular formula is C46H46N2. The van der Waals surface area contributed by atoms with Crippen molar-refractivity contribution in [3.63, 3.8) is 0 Å². The third-order valence-electron chi connectivity index (χ3n) is 9.55. The Bertz CT molecular complexity index is 2110. The maximum absolute atomic E-state index is 5.18. The van der Waals surface area contributed by atoms with E-state index in [1.807, 2.05) is 18.5 Å². The lowest BCUT2D eigenvalue weighted by Gasteiger charge is -2.20. The Morgan fingerprint density at radius 1 is 0.771 bits per heavy atom. The van der Waals surface area contributed by atoms with Crippen molar-refractivity contribution >= 4 is 43.6 Å². The van der Waals surface area contributed by atoms with Crippen LogP contribution in [0.2, 0.25) is 0 Å². The van der Waals surface area contributed by atoms with Crippen LogP contribution in [0.1, 0.15) is 65.0 Å². The molecule has 2 heteroatoms. The summed E-state index contributed by atoms with van der Waals surface area (Å²) in [6.07, 6.45) is 16.0. The largest absolute Gasteiger partial charge is 0.286 e. The lowest BCUT2D eigenvalue weighted by Crippen LogP contribution is -2.17. The Labute approximate surface area is 286 Å². The molecule has 0 spiro atoms. The van der Waals surface area contributed by atoms with Gasteiger partial charge >= 0.3 is 0 Å². The van der Waals surface area contributed by atoms with Gasteiger partial charge in [-0.15, -0.1) is 0 Å². The zero-order valence-corrected chi connectivity index (χ0v) is 28.9. The fraction of sp³-hybridized carbons (Fsp3) is 0.217. The van der Waals surface area contributed by atoms with Crippen LogP contribution in [0.25, 0.3) is 49.0 Å². The minimum absolute atomic E-state index is 0.273. The van der Waals surface area contributed by atoms with E-state index in [0.717, 1.165) is 30.5 Å². The number of nitrogens with zero attached hydrogens (tertiary/aromatic N) is 2. The molecule has 6 rings (SSSR count). The van der Waals surface area contributed by atoms with Crippen molar-refractivity contribution in [3.8, 4) is 11.1 Å². The Morgan fingerprint density at radius 3 is 2.08 bits per heavy atom. The van der Waals surface area contributed by atoms with Crippen molar-refractivity contribution in [3.05, 3.63) is 157 Å². The van der Waals surface area contributed by atoms with Gasteiger partial charge in [0.2, 0.25) is 0 Å². The Morgan fingerprint density at radius 2 is 1.44 bits per heavy atom. The van der Waals surface area contributed by atoms with Crippen LogP contribution in [0.15, 0.2) is 150 Å². The van der Waals surface area contributed by atoms with Gasteiger partial charge < -0.3 is 0 Å². The number of aromatic nitrogens is 1. The quantitative estimate of drug-likeness (QED) is 0.0798. The minimum Gasteiger partial charge on any atom is -0.286 e. The number of benzene rings is 5. The van der Waals surface area contributed by atoms with Crippen LogP contribution < -0.4 is 0 Å². The Kier molecular flexibility index (Phi) is 10.4. The summed E-state index contributed by atoms with van der Waals surface area (Å²) in [6.45, 7) is 11.1. The molecule has 2 unspecified atom stereocenters. The van der Waals surface area contributed by atoms with Gasteiger partial charge in [0.15, 0.2) is 0 Å². The van der Waals surface area contributed by atoms with Gasteiger partial charge in [0.25, 0.3) is 0 Å². The molecule has 0 radical (unpaired) electrons. The normalized spacial score (nSPS) is 14.3. The molecule has 0 bridgehead atoms. The van der Waals surface area contributed by atoms with Gasteiger partial charge in [-0.3, -0.25) is 9.98 Å². The molecule has 0 saturated heterocycles. The number of aliphatic imine (C=N–C) groups is 1. The molecule has 0 fully saturated rings. The molecule has 2 nitrogen and oxygen atoms in total. The highest BCUT2D eigenvalue weighted by molar-refractivity contribution is 6.20. The smallest absolute Gasteiger partial charge is 0.0531 e. The first-order valence-corrected chi connectivity index (χ1v) is 17.4. The number of rotatable bonds is 11. The van der Waals surface area contributed by atoms with Crippen molar-refractivity contribution in [2.24, 2.45) is 10.9 Å². The molecule has 0 aliphatic rings. The van der Waals surface area contributed by atoms with Gasteiger partial charge in [0.1, 0.15) is 0 Å². The lowest BCUT2D eigenvalue weighted by molar-refractivity contribution is 0.434. The summed E-state index contributed by atoms with van der Waals surface area (Å²) in [6, 6.07) is 37.7. The molecule has 48 heavy (non-hydrogen) atoms. The van der Waals surface area contributed by atoms with E-state index in [1.165, 1.54) is 60.2 Å². The molecule has 1 aromatic heterocycles. The lowest BCUT2D eigenvalue weighted by atomic mass is 9.84. The number of pyridine rings is 1. The summed E-state index contributed by atoms with van der Waals surface area (Å²) in [7, 11) is 0. The van der Waals surface area contributed by atoms with Crippen molar-refractivity contribution in [1.29, 1.82) is 0 Å². The summed E-state index contributed by atoms with van der Waals surface area (Å²) < 4.78 is 0. The van der Waals surface area contributed by atoms with Crippen LogP contribution in [0.4, 0.5) is 0 Å². The van der Waals surface area contributed by atoms with E-state index in [2.05, 4.69) is 161 Å². The predicted octanol–water partition coefficient (Wildman–Crippen LogP) is 12.8. The second-order valence-corrected chi connectivity index (χ2v) is 12.9. The van der Waals surface area contributed by atoms with Crippen LogP contribution in [0.3, 0.4) is 0 Å². The van der Waals surface area contributed by atoms with Gasteiger partial charge in [-0.2, -0.15) is 0 Å². The summed E-state index contributed by atoms with van der Waals surface area (Å²) in [5, 5.41) is 7.62. The topological polar surface area (TPSA) is 25.2 Å². The second kappa shape index (κ2) is 15.2. The number of allylic oxidation sites excluding steroid dienone is 6. The molecule has 2 atom stereocenters. The molecule has 6 aromatic rings. The van der Waals surface area contributed by atoms with E-state index >= 15 is 0 Å². The van der Waals surface area contributed by atoms with Gasteiger partial charge in [0, 0.05) is 23.7 Å². The Hall–Kier alpha value is -5.08. The summed E-state index contributed by atoms with van der Waals surface area (Å²) in [5.41, 5.74) is 8.52. The highest BCUT2D eigenvalue weighted by atomic mass is 14.8. The first-order valence-electron chi connectivity index (χ1n) is 17.4. The standard InChI is InChI=1S/C46H46N2/c1-6-16-39(32(3)18-14-19-33(4)44(17-7-2)48-34(5)38-22-15-29-47-31-38)46-42-25-12-10-23-40(42)45(41-24-11-13-26-43(41)46)37-28-27-35-20-8-9-21-36(35)30-37/h6,8-16,18,20-31,33,44H,7,17,19H2,1-5H3/b16-6-,18-14-,39-32-,48-34+.